The van der Waals surface area contributed by atoms with Gasteiger partial charge in [0.25, 0.3) is 0 Å². The predicted molar refractivity (Wildman–Crippen MR) is 85.5 cm³/mol. The van der Waals surface area contributed by atoms with Gasteiger partial charge in [-0.05, 0) is 32.9 Å². The molecular formula is C15H18N2O4S. The monoisotopic (exact) mass is 322 g/mol. The molecule has 0 atom stereocenters. The van der Waals surface area contributed by atoms with Crippen molar-refractivity contribution in [3.05, 3.63) is 24.3 Å². The molecule has 7 heteroatoms. The second kappa shape index (κ2) is 6.39. The van der Waals surface area contributed by atoms with Gasteiger partial charge >= 0.3 is 18.1 Å². The van der Waals surface area contributed by atoms with Crippen molar-refractivity contribution in [3.8, 4) is 6.01 Å². The second-order valence-corrected chi connectivity index (χ2v) is 6.09. The lowest BCUT2D eigenvalue weighted by molar-refractivity contribution is -0.134. The van der Waals surface area contributed by atoms with Crippen LogP contribution in [0.15, 0.2) is 24.3 Å². The number of esters is 1. The number of fused-ring (bicyclic) bond motifs is 1. The molecule has 0 radical (unpaired) electrons. The summed E-state index contributed by atoms with van der Waals surface area (Å²) in [5.41, 5.74) is 0.391. The molecule has 0 bridgehead atoms. The number of aromatic nitrogens is 2. The van der Waals surface area contributed by atoms with E-state index in [9.17, 15) is 9.59 Å². The van der Waals surface area contributed by atoms with Crippen molar-refractivity contribution in [2.75, 3.05) is 5.75 Å². The third-order valence-corrected chi connectivity index (χ3v) is 2.85. The molecule has 0 aliphatic heterocycles. The van der Waals surface area contributed by atoms with E-state index >= 15 is 0 Å². The zero-order valence-electron chi connectivity index (χ0n) is 12.7. The number of nitrogens with zero attached hydrogens (tertiary/aromatic N) is 2. The van der Waals surface area contributed by atoms with E-state index in [0.29, 0.717) is 16.8 Å². The second-order valence-electron chi connectivity index (χ2n) is 5.65. The lowest BCUT2D eigenvalue weighted by atomic mass is 10.2. The third-order valence-electron chi connectivity index (χ3n) is 2.63. The van der Waals surface area contributed by atoms with E-state index in [0.717, 1.165) is 4.57 Å². The Hall–Kier alpha value is -2.02. The quantitative estimate of drug-likeness (QED) is 0.695. The molecule has 1 aromatic heterocycles. The van der Waals surface area contributed by atoms with Crippen LogP contribution in [-0.4, -0.2) is 33.0 Å². The molecule has 0 saturated carbocycles. The Labute approximate surface area is 133 Å². The van der Waals surface area contributed by atoms with Crippen molar-refractivity contribution in [2.45, 2.75) is 32.8 Å². The summed E-state index contributed by atoms with van der Waals surface area (Å²) in [6.07, 6.45) is -0.518. The maximum Gasteiger partial charge on any atom is 0.423 e. The molecule has 0 saturated heterocycles. The normalized spacial score (nSPS) is 11.5. The number of rotatable bonds is 3. The SMILES string of the molecule is CC(C)(C)OC(=O)n1c(OC(=O)CCS)nc2ccccc21. The minimum atomic E-state index is -0.672. The summed E-state index contributed by atoms with van der Waals surface area (Å²) in [6, 6.07) is 6.90. The van der Waals surface area contributed by atoms with Crippen LogP contribution >= 0.6 is 12.6 Å². The van der Waals surface area contributed by atoms with Crippen LogP contribution in [0.3, 0.4) is 0 Å². The zero-order valence-corrected chi connectivity index (χ0v) is 13.6. The molecule has 22 heavy (non-hydrogen) atoms. The summed E-state index contributed by atoms with van der Waals surface area (Å²) in [5.74, 6) is -0.152. The molecule has 1 heterocycles. The molecule has 0 amide bonds. The molecular weight excluding hydrogens is 304 g/mol. The van der Waals surface area contributed by atoms with Gasteiger partial charge in [0, 0.05) is 5.75 Å². The van der Waals surface area contributed by atoms with Gasteiger partial charge in [0.2, 0.25) is 0 Å². The maximum absolute atomic E-state index is 12.4. The van der Waals surface area contributed by atoms with Gasteiger partial charge in [-0.2, -0.15) is 22.2 Å². The molecule has 0 aliphatic carbocycles. The van der Waals surface area contributed by atoms with E-state index in [4.69, 9.17) is 9.47 Å². The molecule has 1 aromatic carbocycles. The van der Waals surface area contributed by atoms with Crippen LogP contribution in [0, 0.1) is 0 Å². The van der Waals surface area contributed by atoms with E-state index in [1.54, 1.807) is 45.0 Å². The Balaban J connectivity index is 2.44. The lowest BCUT2D eigenvalue weighted by Crippen LogP contribution is -2.28. The molecule has 118 valence electrons. The van der Waals surface area contributed by atoms with Crippen LogP contribution in [0.5, 0.6) is 6.01 Å². The Morgan fingerprint density at radius 3 is 2.59 bits per heavy atom. The van der Waals surface area contributed by atoms with Crippen LogP contribution in [0.25, 0.3) is 11.0 Å². The first-order valence-electron chi connectivity index (χ1n) is 6.84. The standard InChI is InChI=1S/C15H18N2O4S/c1-15(2,3)21-14(19)17-11-7-5-4-6-10(11)16-13(17)20-12(18)8-9-22/h4-7,22H,8-9H2,1-3H3. The number of imidazole rings is 1. The number of carbonyl (C=O) groups is 2. The van der Waals surface area contributed by atoms with Gasteiger partial charge in [0.15, 0.2) is 0 Å². The number of ether oxygens (including phenoxy) is 2. The van der Waals surface area contributed by atoms with Crippen molar-refractivity contribution < 1.29 is 19.1 Å². The van der Waals surface area contributed by atoms with E-state index in [1.165, 1.54) is 0 Å². The topological polar surface area (TPSA) is 70.4 Å². The fourth-order valence-corrected chi connectivity index (χ4v) is 1.98. The highest BCUT2D eigenvalue weighted by Gasteiger charge is 2.25. The van der Waals surface area contributed by atoms with Gasteiger partial charge in [-0.15, -0.1) is 0 Å². The number of thiol groups is 1. The predicted octanol–water partition coefficient (Wildman–Crippen LogP) is 3.04. The van der Waals surface area contributed by atoms with E-state index < -0.39 is 17.7 Å². The van der Waals surface area contributed by atoms with Gasteiger partial charge in [0.05, 0.1) is 17.5 Å². The van der Waals surface area contributed by atoms with E-state index in [2.05, 4.69) is 17.6 Å². The van der Waals surface area contributed by atoms with Gasteiger partial charge in [0.1, 0.15) is 5.60 Å². The third kappa shape index (κ3) is 3.79. The van der Waals surface area contributed by atoms with Crippen LogP contribution in [0.1, 0.15) is 27.2 Å². The van der Waals surface area contributed by atoms with Crippen molar-refractivity contribution in [3.63, 3.8) is 0 Å². The first-order valence-corrected chi connectivity index (χ1v) is 7.47. The van der Waals surface area contributed by atoms with E-state index in [-0.39, 0.29) is 12.4 Å². The first kappa shape index (κ1) is 16.4. The molecule has 0 N–H and O–H groups in total. The summed E-state index contributed by atoms with van der Waals surface area (Å²) in [7, 11) is 0. The highest BCUT2D eigenvalue weighted by molar-refractivity contribution is 7.80. The minimum absolute atomic E-state index is 0.0952. The van der Waals surface area contributed by atoms with Crippen molar-refractivity contribution in [2.24, 2.45) is 0 Å². The van der Waals surface area contributed by atoms with E-state index in [1.807, 2.05) is 0 Å². The summed E-state index contributed by atoms with van der Waals surface area (Å²) in [4.78, 5) is 28.2. The zero-order chi connectivity index (χ0) is 16.3. The Morgan fingerprint density at radius 1 is 1.27 bits per heavy atom. The summed E-state index contributed by atoms with van der Waals surface area (Å²) < 4.78 is 11.7. The lowest BCUT2D eigenvalue weighted by Gasteiger charge is -2.20. The average Bonchev–Trinajstić information content (AvgIpc) is 2.74. The number of benzene rings is 1. The molecule has 2 aromatic rings. The average molecular weight is 322 g/mol. The number of hydrogen-bond donors (Lipinski definition) is 1. The van der Waals surface area contributed by atoms with Gasteiger partial charge in [-0.1, -0.05) is 12.1 Å². The van der Waals surface area contributed by atoms with Crippen LogP contribution < -0.4 is 4.74 Å². The van der Waals surface area contributed by atoms with Crippen LogP contribution in [0.4, 0.5) is 4.79 Å². The summed E-state index contributed by atoms with van der Waals surface area (Å²) in [5, 5.41) is 0. The van der Waals surface area contributed by atoms with Crippen molar-refractivity contribution >= 4 is 35.7 Å². The molecule has 0 spiro atoms. The summed E-state index contributed by atoms with van der Waals surface area (Å²) >= 11 is 3.98. The maximum atomic E-state index is 12.4. The molecule has 6 nitrogen and oxygen atoms in total. The highest BCUT2D eigenvalue weighted by atomic mass is 32.1. The fourth-order valence-electron chi connectivity index (χ4n) is 1.80. The number of para-hydroxylation sites is 2. The van der Waals surface area contributed by atoms with Gasteiger partial charge < -0.3 is 9.47 Å². The Bertz CT molecular complexity index is 703. The van der Waals surface area contributed by atoms with Crippen LogP contribution in [-0.2, 0) is 9.53 Å². The largest absolute Gasteiger partial charge is 0.443 e. The highest BCUT2D eigenvalue weighted by Crippen LogP contribution is 2.23. The van der Waals surface area contributed by atoms with Crippen molar-refractivity contribution in [1.29, 1.82) is 0 Å². The smallest absolute Gasteiger partial charge is 0.423 e. The first-order chi connectivity index (χ1) is 10.3. The minimum Gasteiger partial charge on any atom is -0.443 e. The van der Waals surface area contributed by atoms with Gasteiger partial charge in [-0.25, -0.2) is 4.79 Å². The Kier molecular flexibility index (Phi) is 4.75. The molecule has 0 aliphatic rings. The summed E-state index contributed by atoms with van der Waals surface area (Å²) in [6.45, 7) is 5.28. The van der Waals surface area contributed by atoms with Crippen LogP contribution in [0.2, 0.25) is 0 Å². The number of hydrogen-bond acceptors (Lipinski definition) is 6. The van der Waals surface area contributed by atoms with Crippen molar-refractivity contribution in [1.82, 2.24) is 9.55 Å². The fraction of sp³-hybridized carbons (Fsp3) is 0.400. The number of carbonyl (C=O) groups excluding carboxylic acids is 2. The molecule has 0 unspecified atom stereocenters. The molecule has 2 rings (SSSR count). The Morgan fingerprint density at radius 2 is 1.95 bits per heavy atom. The van der Waals surface area contributed by atoms with Gasteiger partial charge in [-0.3, -0.25) is 4.79 Å². The molecule has 0 fully saturated rings.